The van der Waals surface area contributed by atoms with E-state index >= 15 is 0 Å². The van der Waals surface area contributed by atoms with Crippen molar-refractivity contribution < 1.29 is 4.79 Å². The number of rotatable bonds is 2. The molecule has 0 heterocycles. The SMILES string of the molecule is C=CC(=CC)NC(C)=O. The average Bonchev–Trinajstić information content (AvgIpc) is 1.82. The maximum absolute atomic E-state index is 10.4. The molecular formula is C7H11NO. The number of allylic oxidation sites excluding steroid dienone is 2. The van der Waals surface area contributed by atoms with Crippen molar-refractivity contribution in [3.05, 3.63) is 24.4 Å². The number of carbonyl (C=O) groups excluding carboxylic acids is 1. The van der Waals surface area contributed by atoms with Crippen molar-refractivity contribution >= 4 is 5.91 Å². The Hall–Kier alpha value is -1.05. The Morgan fingerprint density at radius 1 is 1.67 bits per heavy atom. The van der Waals surface area contributed by atoms with Crippen molar-refractivity contribution in [3.8, 4) is 0 Å². The second-order valence-electron chi connectivity index (χ2n) is 1.63. The molecule has 0 aromatic rings. The van der Waals surface area contributed by atoms with Gasteiger partial charge in [0, 0.05) is 12.6 Å². The van der Waals surface area contributed by atoms with Gasteiger partial charge in [0.25, 0.3) is 0 Å². The lowest BCUT2D eigenvalue weighted by molar-refractivity contribution is -0.118. The molecule has 0 aliphatic heterocycles. The van der Waals surface area contributed by atoms with Crippen LogP contribution in [0.4, 0.5) is 0 Å². The monoisotopic (exact) mass is 125 g/mol. The fraction of sp³-hybridized carbons (Fsp3) is 0.286. The summed E-state index contributed by atoms with van der Waals surface area (Å²) in [5.41, 5.74) is 0.752. The van der Waals surface area contributed by atoms with Gasteiger partial charge in [-0.1, -0.05) is 12.7 Å². The standard InChI is InChI=1S/C7H11NO/c1-4-7(5-2)8-6(3)9/h4-5H,1H2,2-3H3,(H,8,9). The molecule has 2 nitrogen and oxygen atoms in total. The number of carbonyl (C=O) groups is 1. The van der Waals surface area contributed by atoms with Crippen LogP contribution in [-0.4, -0.2) is 5.91 Å². The smallest absolute Gasteiger partial charge is 0.221 e. The second kappa shape index (κ2) is 3.89. The summed E-state index contributed by atoms with van der Waals surface area (Å²) in [5.74, 6) is -0.0667. The van der Waals surface area contributed by atoms with Crippen LogP contribution < -0.4 is 5.32 Å². The predicted octanol–water partition coefficient (Wildman–Crippen LogP) is 1.21. The Balaban J connectivity index is 3.86. The minimum absolute atomic E-state index is 0.0667. The minimum atomic E-state index is -0.0667. The lowest BCUT2D eigenvalue weighted by Crippen LogP contribution is -2.17. The van der Waals surface area contributed by atoms with Gasteiger partial charge in [-0.3, -0.25) is 4.79 Å². The lowest BCUT2D eigenvalue weighted by atomic mass is 10.4. The molecule has 0 aromatic heterocycles. The third-order valence-corrected chi connectivity index (χ3v) is 0.851. The molecule has 50 valence electrons. The molecule has 0 saturated carbocycles. The summed E-state index contributed by atoms with van der Waals surface area (Å²) < 4.78 is 0. The van der Waals surface area contributed by atoms with Gasteiger partial charge in [0.05, 0.1) is 0 Å². The second-order valence-corrected chi connectivity index (χ2v) is 1.63. The first-order valence-corrected chi connectivity index (χ1v) is 2.77. The maximum atomic E-state index is 10.4. The van der Waals surface area contributed by atoms with E-state index in [4.69, 9.17) is 0 Å². The van der Waals surface area contributed by atoms with Gasteiger partial charge in [-0.05, 0) is 13.0 Å². The lowest BCUT2D eigenvalue weighted by Gasteiger charge is -1.98. The summed E-state index contributed by atoms with van der Waals surface area (Å²) in [6.45, 7) is 6.81. The van der Waals surface area contributed by atoms with Crippen LogP contribution >= 0.6 is 0 Å². The fourth-order valence-corrected chi connectivity index (χ4v) is 0.444. The van der Waals surface area contributed by atoms with Crippen LogP contribution in [0, 0.1) is 0 Å². The van der Waals surface area contributed by atoms with Crippen molar-refractivity contribution in [2.24, 2.45) is 0 Å². The molecule has 0 radical (unpaired) electrons. The summed E-state index contributed by atoms with van der Waals surface area (Å²) >= 11 is 0. The summed E-state index contributed by atoms with van der Waals surface area (Å²) in [7, 11) is 0. The van der Waals surface area contributed by atoms with Crippen LogP contribution in [0.5, 0.6) is 0 Å². The molecule has 0 aliphatic rings. The van der Waals surface area contributed by atoms with Crippen molar-refractivity contribution in [3.63, 3.8) is 0 Å². The van der Waals surface area contributed by atoms with E-state index in [1.54, 1.807) is 12.2 Å². The van der Waals surface area contributed by atoms with Gasteiger partial charge in [-0.15, -0.1) is 0 Å². The van der Waals surface area contributed by atoms with Gasteiger partial charge < -0.3 is 5.32 Å². The molecule has 0 atom stereocenters. The number of hydrogen-bond donors (Lipinski definition) is 1. The van der Waals surface area contributed by atoms with Crippen LogP contribution in [0.15, 0.2) is 24.4 Å². The largest absolute Gasteiger partial charge is 0.327 e. The van der Waals surface area contributed by atoms with Gasteiger partial charge in [0.15, 0.2) is 0 Å². The Morgan fingerprint density at radius 2 is 2.22 bits per heavy atom. The molecule has 0 aliphatic carbocycles. The molecule has 0 saturated heterocycles. The highest BCUT2D eigenvalue weighted by Gasteiger charge is 1.89. The van der Waals surface area contributed by atoms with Gasteiger partial charge in [-0.2, -0.15) is 0 Å². The van der Waals surface area contributed by atoms with Crippen LogP contribution in [-0.2, 0) is 4.79 Å². The number of hydrogen-bond acceptors (Lipinski definition) is 1. The quantitative estimate of drug-likeness (QED) is 0.552. The predicted molar refractivity (Wildman–Crippen MR) is 37.8 cm³/mol. The Labute approximate surface area is 55.3 Å². The summed E-state index contributed by atoms with van der Waals surface area (Å²) in [6.07, 6.45) is 3.38. The van der Waals surface area contributed by atoms with Crippen LogP contribution in [0.1, 0.15) is 13.8 Å². The molecule has 0 rings (SSSR count). The summed E-state index contributed by atoms with van der Waals surface area (Å²) in [4.78, 5) is 10.4. The zero-order valence-electron chi connectivity index (χ0n) is 5.77. The van der Waals surface area contributed by atoms with Gasteiger partial charge in [0.1, 0.15) is 0 Å². The van der Waals surface area contributed by atoms with E-state index in [0.29, 0.717) is 0 Å². The van der Waals surface area contributed by atoms with E-state index in [1.807, 2.05) is 6.92 Å². The van der Waals surface area contributed by atoms with Gasteiger partial charge in [-0.25, -0.2) is 0 Å². The third-order valence-electron chi connectivity index (χ3n) is 0.851. The molecule has 9 heavy (non-hydrogen) atoms. The highest BCUT2D eigenvalue weighted by molar-refractivity contribution is 5.75. The van der Waals surface area contributed by atoms with Crippen molar-refractivity contribution in [1.29, 1.82) is 0 Å². The van der Waals surface area contributed by atoms with Crippen molar-refractivity contribution in [2.75, 3.05) is 0 Å². The zero-order valence-corrected chi connectivity index (χ0v) is 5.77. The van der Waals surface area contributed by atoms with Gasteiger partial charge in [0.2, 0.25) is 5.91 Å². The molecular weight excluding hydrogens is 114 g/mol. The van der Waals surface area contributed by atoms with Gasteiger partial charge >= 0.3 is 0 Å². The van der Waals surface area contributed by atoms with Crippen molar-refractivity contribution in [2.45, 2.75) is 13.8 Å². The zero-order chi connectivity index (χ0) is 7.28. The average molecular weight is 125 g/mol. The number of amides is 1. The molecule has 1 N–H and O–H groups in total. The first kappa shape index (κ1) is 7.95. The third kappa shape index (κ3) is 3.53. The molecule has 1 amide bonds. The normalized spacial score (nSPS) is 10.7. The fourth-order valence-electron chi connectivity index (χ4n) is 0.444. The molecule has 0 spiro atoms. The van der Waals surface area contributed by atoms with E-state index < -0.39 is 0 Å². The topological polar surface area (TPSA) is 29.1 Å². The van der Waals surface area contributed by atoms with E-state index in [9.17, 15) is 4.79 Å². The molecule has 0 unspecified atom stereocenters. The van der Waals surface area contributed by atoms with Crippen molar-refractivity contribution in [1.82, 2.24) is 5.32 Å². The first-order valence-electron chi connectivity index (χ1n) is 2.77. The molecule has 0 bridgehead atoms. The van der Waals surface area contributed by atoms with Crippen LogP contribution in [0.25, 0.3) is 0 Å². The minimum Gasteiger partial charge on any atom is -0.327 e. The van der Waals surface area contributed by atoms with E-state index in [2.05, 4.69) is 11.9 Å². The Morgan fingerprint density at radius 3 is 2.33 bits per heavy atom. The van der Waals surface area contributed by atoms with E-state index in [0.717, 1.165) is 5.70 Å². The van der Waals surface area contributed by atoms with Crippen LogP contribution in [0.3, 0.4) is 0 Å². The maximum Gasteiger partial charge on any atom is 0.221 e. The van der Waals surface area contributed by atoms with Crippen LogP contribution in [0.2, 0.25) is 0 Å². The summed E-state index contributed by atoms with van der Waals surface area (Å²) in [5, 5.41) is 2.58. The first-order chi connectivity index (χ1) is 4.20. The number of nitrogens with one attached hydrogen (secondary N) is 1. The Kier molecular flexibility index (Phi) is 3.44. The summed E-state index contributed by atoms with van der Waals surface area (Å²) in [6, 6.07) is 0. The van der Waals surface area contributed by atoms with E-state index in [-0.39, 0.29) is 5.91 Å². The molecule has 2 heteroatoms. The molecule has 0 aromatic carbocycles. The van der Waals surface area contributed by atoms with E-state index in [1.165, 1.54) is 6.92 Å². The highest BCUT2D eigenvalue weighted by atomic mass is 16.1. The Bertz CT molecular complexity index is 147. The highest BCUT2D eigenvalue weighted by Crippen LogP contribution is 1.87. The molecule has 0 fully saturated rings.